The lowest BCUT2D eigenvalue weighted by Crippen LogP contribution is -2.10. The first-order chi connectivity index (χ1) is 14.0. The maximum atomic E-state index is 13.5. The van der Waals surface area contributed by atoms with Gasteiger partial charge in [0.2, 0.25) is 11.6 Å². The standard InChI is InChI=1S/C21H18FN7/c1-24-16-11-25-21(23)27-19(16)20-18(14-4-6-15(22)7-5-14)26-17-10-13(12-28(2)3)8-9-29(17)20/h4-11H,12H2,2-3H3,(H2,23,25,27). The minimum Gasteiger partial charge on any atom is -0.368 e. The number of nitrogen functional groups attached to an aromatic ring is 1. The molecule has 0 fully saturated rings. The van der Waals surface area contributed by atoms with Gasteiger partial charge in [0, 0.05) is 24.5 Å². The van der Waals surface area contributed by atoms with E-state index in [2.05, 4.69) is 19.7 Å². The fraction of sp³-hybridized carbons (Fsp3) is 0.143. The number of hydrogen-bond acceptors (Lipinski definition) is 5. The molecule has 29 heavy (non-hydrogen) atoms. The molecule has 0 bridgehead atoms. The average Bonchev–Trinajstić information content (AvgIpc) is 3.06. The zero-order valence-corrected chi connectivity index (χ0v) is 16.0. The van der Waals surface area contributed by atoms with E-state index < -0.39 is 0 Å². The van der Waals surface area contributed by atoms with Crippen molar-refractivity contribution in [3.8, 4) is 22.6 Å². The molecule has 0 saturated carbocycles. The van der Waals surface area contributed by atoms with Crippen LogP contribution in [0.25, 0.3) is 33.1 Å². The summed E-state index contributed by atoms with van der Waals surface area (Å²) >= 11 is 0. The van der Waals surface area contributed by atoms with Crippen LogP contribution in [0.2, 0.25) is 0 Å². The van der Waals surface area contributed by atoms with Crippen LogP contribution in [-0.4, -0.2) is 38.3 Å². The Morgan fingerprint density at radius 3 is 2.59 bits per heavy atom. The summed E-state index contributed by atoms with van der Waals surface area (Å²) in [6.07, 6.45) is 3.30. The summed E-state index contributed by atoms with van der Waals surface area (Å²) in [6, 6.07) is 10.1. The highest BCUT2D eigenvalue weighted by Crippen LogP contribution is 2.37. The maximum Gasteiger partial charge on any atom is 0.232 e. The first-order valence-electron chi connectivity index (χ1n) is 8.88. The molecule has 0 aliphatic carbocycles. The van der Waals surface area contributed by atoms with Gasteiger partial charge in [-0.15, -0.1) is 0 Å². The second-order valence-corrected chi connectivity index (χ2v) is 6.89. The molecule has 0 aliphatic rings. The number of nitrogens with zero attached hydrogens (tertiary/aromatic N) is 6. The SMILES string of the molecule is [C-]#[N+]c1cnc(N)nc1-c1c(-c2ccc(F)cc2)nc2cc(CN(C)C)ccn12. The van der Waals surface area contributed by atoms with E-state index >= 15 is 0 Å². The van der Waals surface area contributed by atoms with Gasteiger partial charge in [0.15, 0.2) is 0 Å². The van der Waals surface area contributed by atoms with Crippen LogP contribution in [-0.2, 0) is 6.54 Å². The summed E-state index contributed by atoms with van der Waals surface area (Å²) in [6.45, 7) is 8.26. The van der Waals surface area contributed by atoms with E-state index in [-0.39, 0.29) is 17.5 Å². The lowest BCUT2D eigenvalue weighted by atomic mass is 10.1. The van der Waals surface area contributed by atoms with Crippen molar-refractivity contribution in [3.63, 3.8) is 0 Å². The topological polar surface area (TPSA) is 76.7 Å². The lowest BCUT2D eigenvalue weighted by Gasteiger charge is -2.10. The number of rotatable bonds is 4. The minimum absolute atomic E-state index is 0.0663. The number of nitrogens with two attached hydrogens (primary N) is 1. The van der Waals surface area contributed by atoms with Crippen molar-refractivity contribution in [2.75, 3.05) is 19.8 Å². The molecule has 4 aromatic rings. The zero-order valence-electron chi connectivity index (χ0n) is 16.0. The number of pyridine rings is 1. The Hall–Kier alpha value is -3.83. The van der Waals surface area contributed by atoms with Crippen LogP contribution in [0.5, 0.6) is 0 Å². The van der Waals surface area contributed by atoms with Crippen LogP contribution >= 0.6 is 0 Å². The average molecular weight is 387 g/mol. The number of fused-ring (bicyclic) bond motifs is 1. The highest BCUT2D eigenvalue weighted by Gasteiger charge is 2.21. The molecule has 3 aromatic heterocycles. The van der Waals surface area contributed by atoms with E-state index in [1.165, 1.54) is 18.3 Å². The lowest BCUT2D eigenvalue weighted by molar-refractivity contribution is 0.402. The van der Waals surface area contributed by atoms with Gasteiger partial charge in [0.05, 0.1) is 18.0 Å². The molecule has 0 saturated heterocycles. The molecule has 144 valence electrons. The molecule has 2 N–H and O–H groups in total. The summed E-state index contributed by atoms with van der Waals surface area (Å²) in [5.41, 5.74) is 10.2. The second-order valence-electron chi connectivity index (χ2n) is 6.89. The monoisotopic (exact) mass is 387 g/mol. The number of halogens is 1. The third kappa shape index (κ3) is 3.51. The summed E-state index contributed by atoms with van der Waals surface area (Å²) in [7, 11) is 3.99. The Balaban J connectivity index is 2.02. The van der Waals surface area contributed by atoms with Crippen molar-refractivity contribution in [3.05, 3.63) is 71.6 Å². The van der Waals surface area contributed by atoms with Crippen molar-refractivity contribution in [2.24, 2.45) is 0 Å². The second kappa shape index (κ2) is 7.30. The fourth-order valence-electron chi connectivity index (χ4n) is 3.23. The summed E-state index contributed by atoms with van der Waals surface area (Å²) < 4.78 is 15.3. The van der Waals surface area contributed by atoms with E-state index in [0.717, 1.165) is 12.1 Å². The van der Waals surface area contributed by atoms with E-state index in [0.29, 0.717) is 28.3 Å². The molecule has 7 nitrogen and oxygen atoms in total. The van der Waals surface area contributed by atoms with E-state index in [4.69, 9.17) is 17.3 Å². The molecule has 0 radical (unpaired) electrons. The van der Waals surface area contributed by atoms with Gasteiger partial charge in [0.1, 0.15) is 17.2 Å². The van der Waals surface area contributed by atoms with Crippen molar-refractivity contribution in [1.29, 1.82) is 0 Å². The molecule has 3 heterocycles. The number of imidazole rings is 1. The van der Waals surface area contributed by atoms with Gasteiger partial charge in [-0.1, -0.05) is 0 Å². The molecular weight excluding hydrogens is 369 g/mol. The number of benzene rings is 1. The third-order valence-electron chi connectivity index (χ3n) is 4.44. The molecule has 4 rings (SSSR count). The molecular formula is C21H18FN7. The summed E-state index contributed by atoms with van der Waals surface area (Å²) in [5, 5.41) is 0. The Morgan fingerprint density at radius 2 is 1.90 bits per heavy atom. The first kappa shape index (κ1) is 18.5. The van der Waals surface area contributed by atoms with Gasteiger partial charge >= 0.3 is 0 Å². The van der Waals surface area contributed by atoms with Gasteiger partial charge in [0.25, 0.3) is 0 Å². The minimum atomic E-state index is -0.333. The highest BCUT2D eigenvalue weighted by molar-refractivity contribution is 5.86. The summed E-state index contributed by atoms with van der Waals surface area (Å²) in [4.78, 5) is 18.6. The Morgan fingerprint density at radius 1 is 1.14 bits per heavy atom. The van der Waals surface area contributed by atoms with Gasteiger partial charge < -0.3 is 10.6 Å². The maximum absolute atomic E-state index is 13.5. The largest absolute Gasteiger partial charge is 0.368 e. The Labute approximate surface area is 167 Å². The van der Waals surface area contributed by atoms with Crippen molar-refractivity contribution < 1.29 is 4.39 Å². The fourth-order valence-corrected chi connectivity index (χ4v) is 3.23. The van der Waals surface area contributed by atoms with E-state index in [1.807, 2.05) is 36.8 Å². The molecule has 0 aliphatic heterocycles. The number of aromatic nitrogens is 4. The number of anilines is 1. The third-order valence-corrected chi connectivity index (χ3v) is 4.44. The van der Waals surface area contributed by atoms with Crippen molar-refractivity contribution in [1.82, 2.24) is 24.3 Å². The van der Waals surface area contributed by atoms with Crippen LogP contribution in [0.3, 0.4) is 0 Å². The molecule has 8 heteroatoms. The predicted octanol–water partition coefficient (Wildman–Crippen LogP) is 3.79. The Kier molecular flexibility index (Phi) is 4.66. The molecule has 0 spiro atoms. The van der Waals surface area contributed by atoms with E-state index in [9.17, 15) is 4.39 Å². The zero-order chi connectivity index (χ0) is 20.5. The van der Waals surface area contributed by atoms with Crippen LogP contribution in [0.15, 0.2) is 48.8 Å². The van der Waals surface area contributed by atoms with Crippen molar-refractivity contribution >= 4 is 17.3 Å². The quantitative estimate of drug-likeness (QED) is 0.539. The molecule has 0 unspecified atom stereocenters. The van der Waals surface area contributed by atoms with Crippen LogP contribution in [0.4, 0.5) is 16.0 Å². The smallest absolute Gasteiger partial charge is 0.232 e. The van der Waals surface area contributed by atoms with Crippen LogP contribution in [0.1, 0.15) is 5.56 Å². The van der Waals surface area contributed by atoms with Crippen LogP contribution in [0, 0.1) is 12.4 Å². The van der Waals surface area contributed by atoms with Gasteiger partial charge in [-0.05, 0) is 56.1 Å². The predicted molar refractivity (Wildman–Crippen MR) is 110 cm³/mol. The molecule has 1 aromatic carbocycles. The first-order valence-corrected chi connectivity index (χ1v) is 8.88. The van der Waals surface area contributed by atoms with Gasteiger partial charge in [-0.3, -0.25) is 4.40 Å². The van der Waals surface area contributed by atoms with Gasteiger partial charge in [-0.2, -0.15) is 0 Å². The summed E-state index contributed by atoms with van der Waals surface area (Å²) in [5.74, 6) is -0.267. The van der Waals surface area contributed by atoms with Gasteiger partial charge in [-0.25, -0.2) is 24.2 Å². The normalized spacial score (nSPS) is 11.1. The van der Waals surface area contributed by atoms with Crippen LogP contribution < -0.4 is 5.73 Å². The molecule has 0 atom stereocenters. The number of hydrogen-bond donors (Lipinski definition) is 1. The Bertz CT molecular complexity index is 1240. The van der Waals surface area contributed by atoms with Crippen molar-refractivity contribution in [2.45, 2.75) is 6.54 Å². The molecule has 0 amide bonds. The van der Waals surface area contributed by atoms with E-state index in [1.54, 1.807) is 12.1 Å². The highest BCUT2D eigenvalue weighted by atomic mass is 19.1.